The summed E-state index contributed by atoms with van der Waals surface area (Å²) in [7, 11) is 0. The van der Waals surface area contributed by atoms with Gasteiger partial charge in [-0.3, -0.25) is 9.69 Å². The van der Waals surface area contributed by atoms with Crippen molar-refractivity contribution in [3.8, 4) is 0 Å². The fourth-order valence-electron chi connectivity index (χ4n) is 2.62. The lowest BCUT2D eigenvalue weighted by Crippen LogP contribution is -2.28. The maximum atomic E-state index is 11.5. The Labute approximate surface area is 126 Å². The van der Waals surface area contributed by atoms with Gasteiger partial charge in [0.15, 0.2) is 0 Å². The maximum Gasteiger partial charge on any atom is 0.346 e. The summed E-state index contributed by atoms with van der Waals surface area (Å²) in [6.45, 7) is 2.59. The molecule has 110 valence electrons. The van der Waals surface area contributed by atoms with Crippen LogP contribution in [0.5, 0.6) is 0 Å². The predicted octanol–water partition coefficient (Wildman–Crippen LogP) is 1.92. The molecule has 0 unspecified atom stereocenters. The lowest BCUT2D eigenvalue weighted by Gasteiger charge is -2.19. The molecule has 0 saturated carbocycles. The van der Waals surface area contributed by atoms with Crippen molar-refractivity contribution in [2.75, 3.05) is 19.6 Å². The molecule has 1 saturated heterocycles. The molecule has 1 aromatic heterocycles. The average molecular weight is 304 g/mol. The molecule has 2 aromatic rings. The minimum Gasteiger partial charge on any atom is -0.477 e. The van der Waals surface area contributed by atoms with E-state index in [0.717, 1.165) is 22.2 Å². The summed E-state index contributed by atoms with van der Waals surface area (Å²) >= 11 is 1.32. The zero-order valence-electron chi connectivity index (χ0n) is 11.5. The first-order valence-electron chi connectivity index (χ1n) is 6.88. The Hall–Kier alpha value is -1.92. The van der Waals surface area contributed by atoms with Crippen LogP contribution in [-0.2, 0) is 11.3 Å². The van der Waals surface area contributed by atoms with Gasteiger partial charge in [-0.1, -0.05) is 18.2 Å². The molecular formula is C15H16N2O3S. The molecule has 21 heavy (non-hydrogen) atoms. The fourth-order valence-corrected chi connectivity index (χ4v) is 3.68. The number of amides is 1. The van der Waals surface area contributed by atoms with Crippen molar-refractivity contribution >= 4 is 33.3 Å². The minimum atomic E-state index is -0.879. The number of hydrogen-bond acceptors (Lipinski definition) is 4. The second-order valence-corrected chi connectivity index (χ2v) is 6.14. The number of benzene rings is 1. The van der Waals surface area contributed by atoms with Gasteiger partial charge < -0.3 is 10.4 Å². The van der Waals surface area contributed by atoms with Crippen molar-refractivity contribution in [2.24, 2.45) is 0 Å². The number of thiophene rings is 1. The van der Waals surface area contributed by atoms with Gasteiger partial charge >= 0.3 is 5.97 Å². The van der Waals surface area contributed by atoms with E-state index in [0.29, 0.717) is 30.9 Å². The summed E-state index contributed by atoms with van der Waals surface area (Å²) < 4.78 is 0.994. The van der Waals surface area contributed by atoms with Crippen LogP contribution in [0, 0.1) is 0 Å². The summed E-state index contributed by atoms with van der Waals surface area (Å²) in [6.07, 6.45) is 0.463. The quantitative estimate of drug-likeness (QED) is 0.909. The minimum absolute atomic E-state index is 0.0612. The highest BCUT2D eigenvalue weighted by atomic mass is 32.1. The third kappa shape index (κ3) is 2.91. The Morgan fingerprint density at radius 2 is 2.14 bits per heavy atom. The summed E-state index contributed by atoms with van der Waals surface area (Å²) in [5, 5.41) is 13.3. The molecule has 5 nitrogen and oxygen atoms in total. The zero-order valence-corrected chi connectivity index (χ0v) is 12.3. The molecule has 2 heterocycles. The van der Waals surface area contributed by atoms with E-state index in [1.54, 1.807) is 0 Å². The van der Waals surface area contributed by atoms with Crippen molar-refractivity contribution in [3.63, 3.8) is 0 Å². The number of hydrogen-bond donors (Lipinski definition) is 2. The number of rotatable bonds is 3. The van der Waals surface area contributed by atoms with Crippen LogP contribution in [0.3, 0.4) is 0 Å². The van der Waals surface area contributed by atoms with Crippen LogP contribution in [0.1, 0.15) is 21.7 Å². The zero-order chi connectivity index (χ0) is 14.8. The highest BCUT2D eigenvalue weighted by molar-refractivity contribution is 7.21. The predicted molar refractivity (Wildman–Crippen MR) is 81.7 cm³/mol. The van der Waals surface area contributed by atoms with Gasteiger partial charge in [0.2, 0.25) is 5.91 Å². The topological polar surface area (TPSA) is 69.6 Å². The monoisotopic (exact) mass is 304 g/mol. The van der Waals surface area contributed by atoms with Crippen molar-refractivity contribution in [1.29, 1.82) is 0 Å². The molecule has 0 bridgehead atoms. The first-order chi connectivity index (χ1) is 10.1. The number of carboxylic acids is 1. The molecule has 1 aliphatic heterocycles. The van der Waals surface area contributed by atoms with Gasteiger partial charge in [0.05, 0.1) is 0 Å². The van der Waals surface area contributed by atoms with E-state index >= 15 is 0 Å². The molecule has 3 rings (SSSR count). The number of aromatic carboxylic acids is 1. The molecule has 0 spiro atoms. The summed E-state index contributed by atoms with van der Waals surface area (Å²) in [4.78, 5) is 25.4. The maximum absolute atomic E-state index is 11.5. The Kier molecular flexibility index (Phi) is 3.90. The largest absolute Gasteiger partial charge is 0.477 e. The first-order valence-corrected chi connectivity index (χ1v) is 7.69. The molecule has 0 radical (unpaired) electrons. The highest BCUT2D eigenvalue weighted by Crippen LogP contribution is 2.32. The molecule has 2 N–H and O–H groups in total. The molecule has 0 aliphatic carbocycles. The van der Waals surface area contributed by atoms with Gasteiger partial charge in [-0.05, 0) is 17.0 Å². The van der Waals surface area contributed by atoms with Crippen LogP contribution in [0.15, 0.2) is 24.3 Å². The first kappa shape index (κ1) is 14.0. The molecule has 1 amide bonds. The van der Waals surface area contributed by atoms with Crippen molar-refractivity contribution in [1.82, 2.24) is 10.2 Å². The van der Waals surface area contributed by atoms with Crippen LogP contribution < -0.4 is 5.32 Å². The van der Waals surface area contributed by atoms with E-state index in [1.807, 2.05) is 24.3 Å². The van der Waals surface area contributed by atoms with E-state index in [1.165, 1.54) is 11.3 Å². The van der Waals surface area contributed by atoms with Gasteiger partial charge in [-0.15, -0.1) is 11.3 Å². The van der Waals surface area contributed by atoms with E-state index < -0.39 is 5.97 Å². The number of fused-ring (bicyclic) bond motifs is 1. The van der Waals surface area contributed by atoms with Gasteiger partial charge in [-0.25, -0.2) is 4.79 Å². The Balaban J connectivity index is 1.93. The summed E-state index contributed by atoms with van der Waals surface area (Å²) in [5.41, 5.74) is 0.859. The lowest BCUT2D eigenvalue weighted by atomic mass is 10.1. The standard InChI is InChI=1S/C15H16N2O3S/c18-13-5-7-17(8-6-16-13)9-11-10-3-1-2-4-12(10)21-14(11)15(19)20/h1-4H,5-9H2,(H,16,18)(H,19,20). The average Bonchev–Trinajstić information content (AvgIpc) is 2.70. The van der Waals surface area contributed by atoms with Crippen molar-refractivity contribution < 1.29 is 14.7 Å². The van der Waals surface area contributed by atoms with E-state index in [9.17, 15) is 14.7 Å². The number of carboxylic acid groups (broad SMARTS) is 1. The second kappa shape index (κ2) is 5.83. The number of nitrogens with one attached hydrogen (secondary N) is 1. The fraction of sp³-hybridized carbons (Fsp3) is 0.333. The molecule has 1 aromatic carbocycles. The molecule has 6 heteroatoms. The van der Waals surface area contributed by atoms with Crippen LogP contribution >= 0.6 is 11.3 Å². The Bertz CT molecular complexity index is 695. The van der Waals surface area contributed by atoms with Crippen LogP contribution in [0.4, 0.5) is 0 Å². The van der Waals surface area contributed by atoms with Gasteiger partial charge in [0, 0.05) is 37.3 Å². The van der Waals surface area contributed by atoms with Crippen LogP contribution in [0.2, 0.25) is 0 Å². The van der Waals surface area contributed by atoms with Crippen molar-refractivity contribution in [3.05, 3.63) is 34.7 Å². The second-order valence-electron chi connectivity index (χ2n) is 5.09. The van der Waals surface area contributed by atoms with Gasteiger partial charge in [-0.2, -0.15) is 0 Å². The van der Waals surface area contributed by atoms with E-state index in [4.69, 9.17) is 0 Å². The molecule has 0 atom stereocenters. The Morgan fingerprint density at radius 3 is 2.95 bits per heavy atom. The SMILES string of the molecule is O=C1CCN(Cc2c(C(=O)O)sc3ccccc23)CCN1. The van der Waals surface area contributed by atoms with Crippen molar-refractivity contribution in [2.45, 2.75) is 13.0 Å². The normalized spacial score (nSPS) is 16.7. The van der Waals surface area contributed by atoms with Crippen LogP contribution in [0.25, 0.3) is 10.1 Å². The number of carbonyl (C=O) groups is 2. The van der Waals surface area contributed by atoms with Crippen LogP contribution in [-0.4, -0.2) is 41.5 Å². The third-order valence-corrected chi connectivity index (χ3v) is 4.88. The van der Waals surface area contributed by atoms with E-state index in [-0.39, 0.29) is 5.91 Å². The summed E-state index contributed by atoms with van der Waals surface area (Å²) in [5.74, 6) is -0.818. The molecular weight excluding hydrogens is 288 g/mol. The lowest BCUT2D eigenvalue weighted by molar-refractivity contribution is -0.120. The van der Waals surface area contributed by atoms with Gasteiger partial charge in [0.25, 0.3) is 0 Å². The molecule has 1 fully saturated rings. The molecule has 1 aliphatic rings. The van der Waals surface area contributed by atoms with E-state index in [2.05, 4.69) is 10.2 Å². The smallest absolute Gasteiger partial charge is 0.346 e. The third-order valence-electron chi connectivity index (χ3n) is 3.68. The number of nitrogens with zero attached hydrogens (tertiary/aromatic N) is 1. The summed E-state index contributed by atoms with van der Waals surface area (Å²) in [6, 6.07) is 7.76. The number of carbonyl (C=O) groups excluding carboxylic acids is 1. The van der Waals surface area contributed by atoms with Gasteiger partial charge in [0.1, 0.15) is 4.88 Å². The highest BCUT2D eigenvalue weighted by Gasteiger charge is 2.21. The Morgan fingerprint density at radius 1 is 1.33 bits per heavy atom.